The number of rotatable bonds is 4. The fourth-order valence-electron chi connectivity index (χ4n) is 2.54. The van der Waals surface area contributed by atoms with Crippen LogP contribution >= 0.6 is 11.5 Å². The Morgan fingerprint density at radius 1 is 1.29 bits per heavy atom. The predicted molar refractivity (Wildman–Crippen MR) is 93.4 cm³/mol. The first-order chi connectivity index (χ1) is 11.3. The number of aromatic nitrogens is 4. The maximum atomic E-state index is 12.0. The summed E-state index contributed by atoms with van der Waals surface area (Å²) in [5, 5.41) is 15.5. The fourth-order valence-corrected chi connectivity index (χ4v) is 3.11. The van der Waals surface area contributed by atoms with Crippen LogP contribution in [0, 0.1) is 12.8 Å². The minimum absolute atomic E-state index is 0.0108. The lowest BCUT2D eigenvalue weighted by Crippen LogP contribution is -2.52. The lowest BCUT2D eigenvalue weighted by Gasteiger charge is -2.40. The second-order valence-corrected chi connectivity index (χ2v) is 7.95. The van der Waals surface area contributed by atoms with Gasteiger partial charge in [0.1, 0.15) is 4.88 Å². The van der Waals surface area contributed by atoms with E-state index in [0.29, 0.717) is 23.0 Å². The molecule has 24 heavy (non-hydrogen) atoms. The molecule has 1 saturated heterocycles. The van der Waals surface area contributed by atoms with E-state index in [2.05, 4.69) is 50.8 Å². The van der Waals surface area contributed by atoms with Gasteiger partial charge in [-0.2, -0.15) is 5.10 Å². The van der Waals surface area contributed by atoms with Crippen molar-refractivity contribution in [2.45, 2.75) is 33.1 Å². The van der Waals surface area contributed by atoms with Crippen molar-refractivity contribution in [1.29, 1.82) is 0 Å². The Bertz CT molecular complexity index is 715. The van der Waals surface area contributed by atoms with Crippen molar-refractivity contribution in [2.75, 3.05) is 24.5 Å². The van der Waals surface area contributed by atoms with E-state index < -0.39 is 0 Å². The molecule has 2 aromatic heterocycles. The summed E-state index contributed by atoms with van der Waals surface area (Å²) in [6.45, 7) is 10.6. The number of nitrogens with one attached hydrogen (secondary N) is 1. The molecule has 1 aliphatic heterocycles. The van der Waals surface area contributed by atoms with Crippen molar-refractivity contribution < 1.29 is 4.79 Å². The van der Waals surface area contributed by atoms with Gasteiger partial charge in [0.2, 0.25) is 0 Å². The van der Waals surface area contributed by atoms with E-state index in [1.54, 1.807) is 6.92 Å². The van der Waals surface area contributed by atoms with E-state index in [1.807, 2.05) is 12.1 Å². The molecule has 2 aromatic rings. The number of aryl methyl sites for hydroxylation is 1. The Kier molecular flexibility index (Phi) is 4.49. The van der Waals surface area contributed by atoms with E-state index in [1.165, 1.54) is 0 Å². The molecule has 0 saturated carbocycles. The first-order valence-electron chi connectivity index (χ1n) is 8.01. The monoisotopic (exact) mass is 346 g/mol. The van der Waals surface area contributed by atoms with Gasteiger partial charge < -0.3 is 10.2 Å². The molecular weight excluding hydrogens is 324 g/mol. The fraction of sp³-hybridized carbons (Fsp3) is 0.562. The third-order valence-corrected chi connectivity index (χ3v) is 4.94. The number of hydrogen-bond acceptors (Lipinski definition) is 7. The Hall–Kier alpha value is -2.09. The second-order valence-electron chi connectivity index (χ2n) is 7.20. The minimum Gasteiger partial charge on any atom is -0.354 e. The van der Waals surface area contributed by atoms with Gasteiger partial charge in [0, 0.05) is 31.0 Å². The Morgan fingerprint density at radius 2 is 2.04 bits per heavy atom. The molecule has 3 heterocycles. The molecule has 0 radical (unpaired) electrons. The number of carbonyl (C=O) groups is 1. The minimum atomic E-state index is -0.0877. The van der Waals surface area contributed by atoms with Crippen LogP contribution in [0.25, 0.3) is 0 Å². The van der Waals surface area contributed by atoms with Crippen LogP contribution in [0.1, 0.15) is 41.8 Å². The number of amides is 1. The van der Waals surface area contributed by atoms with Gasteiger partial charge in [0.05, 0.1) is 11.4 Å². The summed E-state index contributed by atoms with van der Waals surface area (Å²) in [7, 11) is 0. The first-order valence-corrected chi connectivity index (χ1v) is 8.78. The lowest BCUT2D eigenvalue weighted by molar-refractivity contribution is 0.0948. The summed E-state index contributed by atoms with van der Waals surface area (Å²) in [6.07, 6.45) is 0. The van der Waals surface area contributed by atoms with Gasteiger partial charge in [0.25, 0.3) is 5.91 Å². The smallest absolute Gasteiger partial charge is 0.264 e. The van der Waals surface area contributed by atoms with E-state index in [4.69, 9.17) is 0 Å². The number of nitrogens with zero attached hydrogens (tertiary/aromatic N) is 5. The Balaban J connectivity index is 1.47. The van der Waals surface area contributed by atoms with Crippen LogP contribution in [0.4, 0.5) is 5.82 Å². The number of hydrogen-bond donors (Lipinski definition) is 1. The normalized spacial score (nSPS) is 15.2. The molecule has 0 unspecified atom stereocenters. The number of anilines is 1. The SMILES string of the molecule is Cc1nnsc1C(=O)NCC1CN(c2ccc(C(C)(C)C)nn2)C1. The Morgan fingerprint density at radius 3 is 2.58 bits per heavy atom. The van der Waals surface area contributed by atoms with E-state index >= 15 is 0 Å². The van der Waals surface area contributed by atoms with Crippen molar-refractivity contribution in [3.05, 3.63) is 28.4 Å². The average Bonchev–Trinajstić information content (AvgIpc) is 2.91. The van der Waals surface area contributed by atoms with E-state index in [0.717, 1.165) is 36.1 Å². The van der Waals surface area contributed by atoms with Gasteiger partial charge in [-0.3, -0.25) is 4.79 Å². The van der Waals surface area contributed by atoms with Crippen molar-refractivity contribution in [3.8, 4) is 0 Å². The van der Waals surface area contributed by atoms with Gasteiger partial charge in [-0.1, -0.05) is 25.3 Å². The number of carbonyl (C=O) groups excluding carboxylic acids is 1. The van der Waals surface area contributed by atoms with Crippen LogP contribution in [-0.4, -0.2) is 45.3 Å². The molecule has 1 aliphatic rings. The maximum Gasteiger partial charge on any atom is 0.264 e. The third kappa shape index (κ3) is 3.53. The molecule has 0 aliphatic carbocycles. The topological polar surface area (TPSA) is 83.9 Å². The molecule has 8 heteroatoms. The molecule has 0 spiro atoms. The Labute approximate surface area is 145 Å². The quantitative estimate of drug-likeness (QED) is 0.909. The zero-order chi connectivity index (χ0) is 17.3. The van der Waals surface area contributed by atoms with Crippen molar-refractivity contribution >= 4 is 23.3 Å². The van der Waals surface area contributed by atoms with Crippen LogP contribution in [0.3, 0.4) is 0 Å². The van der Waals surface area contributed by atoms with Crippen molar-refractivity contribution in [2.24, 2.45) is 5.92 Å². The highest BCUT2D eigenvalue weighted by molar-refractivity contribution is 7.07. The summed E-state index contributed by atoms with van der Waals surface area (Å²) in [4.78, 5) is 14.8. The van der Waals surface area contributed by atoms with Crippen LogP contribution in [0.15, 0.2) is 12.1 Å². The van der Waals surface area contributed by atoms with Gasteiger partial charge in [0.15, 0.2) is 5.82 Å². The average molecular weight is 346 g/mol. The molecule has 7 nitrogen and oxygen atoms in total. The molecule has 0 bridgehead atoms. The summed E-state index contributed by atoms with van der Waals surface area (Å²) in [5.74, 6) is 1.24. The largest absolute Gasteiger partial charge is 0.354 e. The molecule has 0 aromatic carbocycles. The summed E-state index contributed by atoms with van der Waals surface area (Å²) >= 11 is 1.13. The molecule has 1 N–H and O–H groups in total. The van der Waals surface area contributed by atoms with Gasteiger partial charge in [-0.25, -0.2) is 0 Å². The zero-order valence-corrected chi connectivity index (χ0v) is 15.2. The van der Waals surface area contributed by atoms with Crippen LogP contribution in [0.5, 0.6) is 0 Å². The lowest BCUT2D eigenvalue weighted by atomic mass is 9.92. The molecule has 1 fully saturated rings. The van der Waals surface area contributed by atoms with Crippen molar-refractivity contribution in [1.82, 2.24) is 25.1 Å². The van der Waals surface area contributed by atoms with E-state index in [-0.39, 0.29) is 11.3 Å². The summed E-state index contributed by atoms with van der Waals surface area (Å²) in [5.41, 5.74) is 1.68. The van der Waals surface area contributed by atoms with Gasteiger partial charge >= 0.3 is 0 Å². The van der Waals surface area contributed by atoms with E-state index in [9.17, 15) is 4.79 Å². The van der Waals surface area contributed by atoms with Gasteiger partial charge in [-0.15, -0.1) is 10.2 Å². The highest BCUT2D eigenvalue weighted by Crippen LogP contribution is 2.24. The maximum absolute atomic E-state index is 12.0. The zero-order valence-electron chi connectivity index (χ0n) is 14.4. The summed E-state index contributed by atoms with van der Waals surface area (Å²) in [6, 6.07) is 4.06. The summed E-state index contributed by atoms with van der Waals surface area (Å²) < 4.78 is 3.79. The highest BCUT2D eigenvalue weighted by atomic mass is 32.1. The van der Waals surface area contributed by atoms with Crippen LogP contribution in [0.2, 0.25) is 0 Å². The molecule has 1 amide bonds. The van der Waals surface area contributed by atoms with Crippen LogP contribution in [-0.2, 0) is 5.41 Å². The molecule has 128 valence electrons. The highest BCUT2D eigenvalue weighted by Gasteiger charge is 2.29. The molecule has 3 rings (SSSR count). The second kappa shape index (κ2) is 6.43. The third-order valence-electron chi connectivity index (χ3n) is 4.11. The first kappa shape index (κ1) is 16.8. The van der Waals surface area contributed by atoms with Crippen molar-refractivity contribution in [3.63, 3.8) is 0 Å². The standard InChI is InChI=1S/C16H22N6OS/c1-10-14(24-21-18-10)15(23)17-7-11-8-22(9-11)13-6-5-12(19-20-13)16(2,3)4/h5-6,11H,7-9H2,1-4H3,(H,17,23). The predicted octanol–water partition coefficient (Wildman–Crippen LogP) is 1.80. The van der Waals surface area contributed by atoms with Gasteiger partial charge in [-0.05, 0) is 30.6 Å². The molecular formula is C16H22N6OS. The van der Waals surface area contributed by atoms with Crippen LogP contribution < -0.4 is 10.2 Å². The molecule has 0 atom stereocenters.